The Balaban J connectivity index is 2.26. The van der Waals surface area contributed by atoms with E-state index in [1.165, 1.54) is 6.92 Å². The number of rotatable bonds is 5. The molecule has 0 aliphatic carbocycles. The van der Waals surface area contributed by atoms with Crippen molar-refractivity contribution in [1.82, 2.24) is 5.32 Å². The summed E-state index contributed by atoms with van der Waals surface area (Å²) in [5, 5.41) is 17.3. The molecule has 0 bridgehead atoms. The fourth-order valence-corrected chi connectivity index (χ4v) is 2.70. The number of nitro benzene ring substituents is 1. The number of nitrogens with one attached hydrogen (secondary N) is 2. The number of hydrogen-bond acceptors (Lipinski definition) is 5. The number of benzene rings is 1. The van der Waals surface area contributed by atoms with E-state index >= 15 is 0 Å². The first-order chi connectivity index (χ1) is 10.0. The molecule has 114 valence electrons. The van der Waals surface area contributed by atoms with E-state index in [4.69, 9.17) is 0 Å². The van der Waals surface area contributed by atoms with Crippen LogP contribution in [0.25, 0.3) is 0 Å². The average Bonchev–Trinajstić information content (AvgIpc) is 2.86. The van der Waals surface area contributed by atoms with E-state index in [9.17, 15) is 14.9 Å². The Labute approximate surface area is 123 Å². The van der Waals surface area contributed by atoms with Gasteiger partial charge in [-0.25, -0.2) is 0 Å². The Morgan fingerprint density at radius 2 is 2.29 bits per heavy atom. The van der Waals surface area contributed by atoms with Gasteiger partial charge in [-0.3, -0.25) is 14.9 Å². The maximum absolute atomic E-state index is 11.4. The molecule has 1 unspecified atom stereocenters. The fourth-order valence-electron chi connectivity index (χ4n) is 2.70. The molecule has 7 nitrogen and oxygen atoms in total. The lowest BCUT2D eigenvalue weighted by molar-refractivity contribution is -0.383. The van der Waals surface area contributed by atoms with Crippen LogP contribution in [-0.4, -0.2) is 36.5 Å². The Kier molecular flexibility index (Phi) is 4.62. The average molecular weight is 292 g/mol. The van der Waals surface area contributed by atoms with Crippen molar-refractivity contribution in [1.29, 1.82) is 0 Å². The van der Waals surface area contributed by atoms with Crippen molar-refractivity contribution in [3.05, 3.63) is 28.3 Å². The van der Waals surface area contributed by atoms with Crippen LogP contribution in [0.5, 0.6) is 0 Å². The molecule has 0 aromatic heterocycles. The fraction of sp³-hybridized carbons (Fsp3) is 0.500. The lowest BCUT2D eigenvalue weighted by Gasteiger charge is -2.20. The van der Waals surface area contributed by atoms with Gasteiger partial charge in [-0.15, -0.1) is 0 Å². The molecule has 1 amide bonds. The van der Waals surface area contributed by atoms with Gasteiger partial charge in [0.1, 0.15) is 11.4 Å². The minimum Gasteiger partial charge on any atom is -0.380 e. The zero-order valence-corrected chi connectivity index (χ0v) is 12.3. The van der Waals surface area contributed by atoms with E-state index in [0.29, 0.717) is 31.0 Å². The zero-order valence-electron chi connectivity index (χ0n) is 12.3. The summed E-state index contributed by atoms with van der Waals surface area (Å²) in [6.07, 6.45) is 0.794. The number of amides is 1. The second kappa shape index (κ2) is 6.43. The van der Waals surface area contributed by atoms with Crippen molar-refractivity contribution in [3.8, 4) is 0 Å². The first-order valence-electron chi connectivity index (χ1n) is 7.06. The lowest BCUT2D eigenvalue weighted by Crippen LogP contribution is -2.35. The summed E-state index contributed by atoms with van der Waals surface area (Å²) in [4.78, 5) is 24.1. The van der Waals surface area contributed by atoms with Gasteiger partial charge in [0.15, 0.2) is 0 Å². The number of hydrogen-bond donors (Lipinski definition) is 2. The van der Waals surface area contributed by atoms with Gasteiger partial charge < -0.3 is 15.5 Å². The molecule has 0 radical (unpaired) electrons. The largest absolute Gasteiger partial charge is 0.380 e. The van der Waals surface area contributed by atoms with Crippen LogP contribution in [0, 0.1) is 10.1 Å². The summed E-state index contributed by atoms with van der Waals surface area (Å²) in [6, 6.07) is 5.33. The minimum absolute atomic E-state index is 0.0462. The van der Waals surface area contributed by atoms with E-state index in [1.54, 1.807) is 12.1 Å². The van der Waals surface area contributed by atoms with Crippen molar-refractivity contribution < 1.29 is 9.72 Å². The Morgan fingerprint density at radius 1 is 1.52 bits per heavy atom. The maximum Gasteiger partial charge on any atom is 0.315 e. The molecule has 1 saturated heterocycles. The van der Waals surface area contributed by atoms with E-state index in [2.05, 4.69) is 10.6 Å². The predicted molar refractivity (Wildman–Crippen MR) is 81.7 cm³/mol. The van der Waals surface area contributed by atoms with Gasteiger partial charge in [0.05, 0.1) is 4.92 Å². The van der Waals surface area contributed by atoms with Crippen LogP contribution in [0.1, 0.15) is 20.3 Å². The van der Waals surface area contributed by atoms with Crippen LogP contribution >= 0.6 is 0 Å². The van der Waals surface area contributed by atoms with Crippen LogP contribution in [0.3, 0.4) is 0 Å². The van der Waals surface area contributed by atoms with Crippen molar-refractivity contribution in [2.45, 2.75) is 26.3 Å². The van der Waals surface area contributed by atoms with Crippen LogP contribution in [0.2, 0.25) is 0 Å². The number of anilines is 2. The minimum atomic E-state index is -0.348. The lowest BCUT2D eigenvalue weighted by atomic mass is 10.2. The third kappa shape index (κ3) is 3.42. The molecule has 2 rings (SSSR count). The molecule has 0 spiro atoms. The zero-order chi connectivity index (χ0) is 15.4. The molecule has 1 heterocycles. The summed E-state index contributed by atoms with van der Waals surface area (Å²) in [7, 11) is 0. The summed E-state index contributed by atoms with van der Waals surface area (Å²) in [6.45, 7) is 5.30. The van der Waals surface area contributed by atoms with Crippen molar-refractivity contribution >= 4 is 23.0 Å². The quantitative estimate of drug-likeness (QED) is 0.637. The molecule has 2 N–H and O–H groups in total. The highest BCUT2D eigenvalue weighted by Crippen LogP contribution is 2.36. The SMILES string of the molecule is CCNc1cccc(N2CCC(NC(C)=O)C2)c1[N+](=O)[O-]. The molecule has 0 saturated carbocycles. The third-order valence-corrected chi connectivity index (χ3v) is 3.50. The van der Waals surface area contributed by atoms with Gasteiger partial charge >= 0.3 is 5.69 Å². The van der Waals surface area contributed by atoms with Gasteiger partial charge in [-0.2, -0.15) is 0 Å². The molecule has 1 aromatic carbocycles. The first kappa shape index (κ1) is 15.1. The Hall–Kier alpha value is -2.31. The molecule has 1 aliphatic heterocycles. The number of carbonyl (C=O) groups excluding carboxylic acids is 1. The molecule has 7 heteroatoms. The van der Waals surface area contributed by atoms with E-state index < -0.39 is 0 Å². The maximum atomic E-state index is 11.4. The van der Waals surface area contributed by atoms with E-state index in [1.807, 2.05) is 17.9 Å². The van der Waals surface area contributed by atoms with Gasteiger partial charge in [0, 0.05) is 32.6 Å². The Morgan fingerprint density at radius 3 is 2.90 bits per heavy atom. The second-order valence-corrected chi connectivity index (χ2v) is 5.09. The van der Waals surface area contributed by atoms with Crippen LogP contribution in [0.4, 0.5) is 17.1 Å². The van der Waals surface area contributed by atoms with Crippen LogP contribution < -0.4 is 15.5 Å². The third-order valence-electron chi connectivity index (χ3n) is 3.50. The van der Waals surface area contributed by atoms with Gasteiger partial charge in [-0.1, -0.05) is 6.07 Å². The molecular formula is C14H20N4O3. The van der Waals surface area contributed by atoms with Crippen molar-refractivity contribution in [3.63, 3.8) is 0 Å². The van der Waals surface area contributed by atoms with Crippen molar-refractivity contribution in [2.24, 2.45) is 0 Å². The normalized spacial score (nSPS) is 17.6. The van der Waals surface area contributed by atoms with Gasteiger partial charge in [0.25, 0.3) is 0 Å². The van der Waals surface area contributed by atoms with Crippen LogP contribution in [-0.2, 0) is 4.79 Å². The van der Waals surface area contributed by atoms with Crippen molar-refractivity contribution in [2.75, 3.05) is 29.9 Å². The highest BCUT2D eigenvalue weighted by atomic mass is 16.6. The Bertz CT molecular complexity index is 547. The summed E-state index contributed by atoms with van der Waals surface area (Å²) in [5.74, 6) is -0.0715. The number of para-hydroxylation sites is 1. The number of nitro groups is 1. The monoisotopic (exact) mass is 292 g/mol. The standard InChI is InChI=1S/C14H20N4O3/c1-3-15-12-5-4-6-13(14(12)18(20)21)17-8-7-11(9-17)16-10(2)19/h4-6,11,15H,3,7-9H2,1-2H3,(H,16,19). The summed E-state index contributed by atoms with van der Waals surface area (Å²) >= 11 is 0. The molecule has 1 fully saturated rings. The number of nitrogens with zero attached hydrogens (tertiary/aromatic N) is 2. The van der Waals surface area contributed by atoms with Crippen LogP contribution in [0.15, 0.2) is 18.2 Å². The van der Waals surface area contributed by atoms with Gasteiger partial charge in [-0.05, 0) is 25.5 Å². The second-order valence-electron chi connectivity index (χ2n) is 5.09. The smallest absolute Gasteiger partial charge is 0.315 e. The topological polar surface area (TPSA) is 87.5 Å². The first-order valence-corrected chi connectivity index (χ1v) is 7.06. The summed E-state index contributed by atoms with van der Waals surface area (Å²) < 4.78 is 0. The molecule has 1 atom stereocenters. The molecular weight excluding hydrogens is 272 g/mol. The highest BCUT2D eigenvalue weighted by Gasteiger charge is 2.29. The number of carbonyl (C=O) groups is 1. The molecule has 1 aliphatic rings. The van der Waals surface area contributed by atoms with E-state index in [-0.39, 0.29) is 22.6 Å². The molecule has 1 aromatic rings. The van der Waals surface area contributed by atoms with Gasteiger partial charge in [0.2, 0.25) is 5.91 Å². The summed E-state index contributed by atoms with van der Waals surface area (Å²) in [5.41, 5.74) is 1.23. The predicted octanol–water partition coefficient (Wildman–Crippen LogP) is 1.74. The van der Waals surface area contributed by atoms with E-state index in [0.717, 1.165) is 6.42 Å². The highest BCUT2D eigenvalue weighted by molar-refractivity contribution is 5.78. The molecule has 21 heavy (non-hydrogen) atoms.